The summed E-state index contributed by atoms with van der Waals surface area (Å²) in [6.07, 6.45) is 1.59. The number of nitrogens with zero attached hydrogens (tertiary/aromatic N) is 4. The summed E-state index contributed by atoms with van der Waals surface area (Å²) in [5, 5.41) is 12.4. The average Bonchev–Trinajstić information content (AvgIpc) is 3.33. The first-order valence-electron chi connectivity index (χ1n) is 8.25. The van der Waals surface area contributed by atoms with Crippen LogP contribution in [0.3, 0.4) is 0 Å². The molecule has 9 heteroatoms. The van der Waals surface area contributed by atoms with Crippen molar-refractivity contribution in [3.8, 4) is 11.6 Å². The lowest BCUT2D eigenvalue weighted by Crippen LogP contribution is -2.14. The molecule has 4 aromatic rings. The minimum absolute atomic E-state index is 0.129. The monoisotopic (exact) mass is 399 g/mol. The van der Waals surface area contributed by atoms with Crippen LogP contribution in [0, 0.1) is 13.8 Å². The molecule has 0 radical (unpaired) electrons. The third-order valence-corrected chi connectivity index (χ3v) is 5.92. The fourth-order valence-electron chi connectivity index (χ4n) is 2.77. The summed E-state index contributed by atoms with van der Waals surface area (Å²) in [6, 6.07) is 7.79. The number of amides is 1. The minimum atomic E-state index is -0.129. The normalized spacial score (nSPS) is 11.2. The molecule has 0 saturated heterocycles. The van der Waals surface area contributed by atoms with Crippen LogP contribution < -0.4 is 5.32 Å². The highest BCUT2D eigenvalue weighted by Gasteiger charge is 2.15. The molecule has 1 N–H and O–H groups in total. The highest BCUT2D eigenvalue weighted by Crippen LogP contribution is 2.29. The molecule has 1 aromatic carbocycles. The van der Waals surface area contributed by atoms with Crippen molar-refractivity contribution >= 4 is 44.4 Å². The lowest BCUT2D eigenvalue weighted by Gasteiger charge is -2.02. The van der Waals surface area contributed by atoms with Gasteiger partial charge in [0.15, 0.2) is 21.9 Å². The summed E-state index contributed by atoms with van der Waals surface area (Å²) in [6.45, 7) is 4.08. The van der Waals surface area contributed by atoms with Gasteiger partial charge in [0, 0.05) is 7.05 Å². The largest absolute Gasteiger partial charge is 0.461 e. The molecule has 7 nitrogen and oxygen atoms in total. The lowest BCUT2D eigenvalue weighted by molar-refractivity contribution is -0.113. The summed E-state index contributed by atoms with van der Waals surface area (Å²) < 4.78 is 8.23. The molecule has 0 atom stereocenters. The molecule has 27 heavy (non-hydrogen) atoms. The van der Waals surface area contributed by atoms with Crippen LogP contribution in [0.4, 0.5) is 5.13 Å². The van der Waals surface area contributed by atoms with E-state index in [0.29, 0.717) is 21.9 Å². The van der Waals surface area contributed by atoms with Crippen molar-refractivity contribution in [2.75, 3.05) is 11.1 Å². The van der Waals surface area contributed by atoms with E-state index in [-0.39, 0.29) is 11.7 Å². The number of aromatic nitrogens is 4. The molecule has 3 heterocycles. The van der Waals surface area contributed by atoms with Crippen molar-refractivity contribution in [3.05, 3.63) is 41.7 Å². The summed E-state index contributed by atoms with van der Waals surface area (Å²) in [5.74, 6) is 1.36. The van der Waals surface area contributed by atoms with Gasteiger partial charge < -0.3 is 14.3 Å². The van der Waals surface area contributed by atoms with Crippen molar-refractivity contribution in [2.45, 2.75) is 19.0 Å². The number of benzene rings is 1. The van der Waals surface area contributed by atoms with Crippen LogP contribution in [0.15, 0.2) is 40.1 Å². The SMILES string of the molecule is Cc1cc(C)c2nc(NC(=O)CSc3nnc(-c4ccco4)n3C)sc2c1. The molecule has 0 aliphatic carbocycles. The minimum Gasteiger partial charge on any atom is -0.461 e. The first-order chi connectivity index (χ1) is 13.0. The number of hydrogen-bond acceptors (Lipinski definition) is 7. The standard InChI is InChI=1S/C18H17N5O2S2/c1-10-7-11(2)15-13(8-10)27-17(20-15)19-14(24)9-26-18-22-21-16(23(18)3)12-5-4-6-25-12/h4-8H,9H2,1-3H3,(H,19,20,24). The molecule has 0 spiro atoms. The number of carbonyl (C=O) groups is 1. The topological polar surface area (TPSA) is 85.8 Å². The second-order valence-electron chi connectivity index (χ2n) is 6.13. The van der Waals surface area contributed by atoms with Crippen molar-refractivity contribution < 1.29 is 9.21 Å². The second kappa shape index (κ2) is 7.16. The van der Waals surface area contributed by atoms with E-state index in [2.05, 4.69) is 39.6 Å². The molecule has 1 amide bonds. The van der Waals surface area contributed by atoms with Gasteiger partial charge in [-0.15, -0.1) is 10.2 Å². The van der Waals surface area contributed by atoms with Crippen LogP contribution in [-0.2, 0) is 11.8 Å². The number of aryl methyl sites for hydroxylation is 2. The van der Waals surface area contributed by atoms with Crippen LogP contribution in [-0.4, -0.2) is 31.4 Å². The molecule has 3 aromatic heterocycles. The highest BCUT2D eigenvalue weighted by atomic mass is 32.2. The van der Waals surface area contributed by atoms with Crippen LogP contribution in [0.2, 0.25) is 0 Å². The number of anilines is 1. The van der Waals surface area contributed by atoms with Crippen molar-refractivity contribution in [1.29, 1.82) is 0 Å². The molecule has 0 unspecified atom stereocenters. The van der Waals surface area contributed by atoms with Gasteiger partial charge in [0.05, 0.1) is 22.2 Å². The molecule has 0 aliphatic heterocycles. The Labute approximate surface area is 163 Å². The van der Waals surface area contributed by atoms with E-state index in [4.69, 9.17) is 4.42 Å². The zero-order valence-electron chi connectivity index (χ0n) is 15.0. The maximum Gasteiger partial charge on any atom is 0.236 e. The van der Waals surface area contributed by atoms with Crippen molar-refractivity contribution in [1.82, 2.24) is 19.7 Å². The fourth-order valence-corrected chi connectivity index (χ4v) is 4.54. The Kier molecular flexibility index (Phi) is 4.71. The van der Waals surface area contributed by atoms with E-state index >= 15 is 0 Å². The van der Waals surface area contributed by atoms with Gasteiger partial charge in [-0.1, -0.05) is 29.2 Å². The molecule has 0 aliphatic rings. The predicted octanol–water partition coefficient (Wildman–Crippen LogP) is 4.03. The lowest BCUT2D eigenvalue weighted by atomic mass is 10.1. The van der Waals surface area contributed by atoms with Crippen molar-refractivity contribution in [2.24, 2.45) is 7.05 Å². The molecule has 4 rings (SSSR count). The van der Waals surface area contributed by atoms with Crippen LogP contribution >= 0.6 is 23.1 Å². The van der Waals surface area contributed by atoms with E-state index in [9.17, 15) is 4.79 Å². The van der Waals surface area contributed by atoms with Crippen LogP contribution in [0.25, 0.3) is 21.8 Å². The quantitative estimate of drug-likeness (QED) is 0.510. The van der Waals surface area contributed by atoms with Gasteiger partial charge in [-0.2, -0.15) is 0 Å². The molecular weight excluding hydrogens is 382 g/mol. The average molecular weight is 400 g/mol. The number of rotatable bonds is 5. The molecule has 0 fully saturated rings. The number of thiazole rings is 1. The maximum absolute atomic E-state index is 12.3. The molecule has 138 valence electrons. The number of carbonyl (C=O) groups excluding carboxylic acids is 1. The molecule has 0 bridgehead atoms. The van der Waals surface area contributed by atoms with E-state index < -0.39 is 0 Å². The van der Waals surface area contributed by atoms with E-state index in [0.717, 1.165) is 15.8 Å². The number of furan rings is 1. The van der Waals surface area contributed by atoms with E-state index in [1.807, 2.05) is 20.0 Å². The predicted molar refractivity (Wildman–Crippen MR) is 107 cm³/mol. The Morgan fingerprint density at radius 2 is 2.19 bits per heavy atom. The fraction of sp³-hybridized carbons (Fsp3) is 0.222. The van der Waals surface area contributed by atoms with Gasteiger partial charge in [0.2, 0.25) is 5.91 Å². The Morgan fingerprint density at radius 1 is 1.33 bits per heavy atom. The van der Waals surface area contributed by atoms with E-state index in [1.54, 1.807) is 16.9 Å². The summed E-state index contributed by atoms with van der Waals surface area (Å²) in [7, 11) is 1.84. The number of thioether (sulfide) groups is 1. The third kappa shape index (κ3) is 3.60. The smallest absolute Gasteiger partial charge is 0.236 e. The van der Waals surface area contributed by atoms with Crippen molar-refractivity contribution in [3.63, 3.8) is 0 Å². The zero-order valence-corrected chi connectivity index (χ0v) is 16.6. The van der Waals surface area contributed by atoms with Gasteiger partial charge in [0.1, 0.15) is 0 Å². The molecule has 0 saturated carbocycles. The third-order valence-electron chi connectivity index (χ3n) is 3.99. The van der Waals surface area contributed by atoms with Gasteiger partial charge in [-0.05, 0) is 43.2 Å². The summed E-state index contributed by atoms with van der Waals surface area (Å²) in [4.78, 5) is 16.9. The first kappa shape index (κ1) is 17.7. The Hall–Kier alpha value is -2.65. The maximum atomic E-state index is 12.3. The van der Waals surface area contributed by atoms with Crippen LogP contribution in [0.5, 0.6) is 0 Å². The van der Waals surface area contributed by atoms with E-state index in [1.165, 1.54) is 28.7 Å². The first-order valence-corrected chi connectivity index (χ1v) is 10.0. The highest BCUT2D eigenvalue weighted by molar-refractivity contribution is 7.99. The number of nitrogens with one attached hydrogen (secondary N) is 1. The molecular formula is C18H17N5O2S2. The Balaban J connectivity index is 1.43. The Morgan fingerprint density at radius 3 is 2.96 bits per heavy atom. The zero-order chi connectivity index (χ0) is 19.0. The Bertz CT molecular complexity index is 1110. The van der Waals surface area contributed by atoms with Crippen LogP contribution in [0.1, 0.15) is 11.1 Å². The number of hydrogen-bond donors (Lipinski definition) is 1. The number of fused-ring (bicyclic) bond motifs is 1. The van der Waals surface area contributed by atoms with Gasteiger partial charge in [-0.3, -0.25) is 4.79 Å². The van der Waals surface area contributed by atoms with Gasteiger partial charge >= 0.3 is 0 Å². The van der Waals surface area contributed by atoms with Gasteiger partial charge in [0.25, 0.3) is 0 Å². The summed E-state index contributed by atoms with van der Waals surface area (Å²) in [5.41, 5.74) is 3.23. The second-order valence-corrected chi connectivity index (χ2v) is 8.10. The van der Waals surface area contributed by atoms with Gasteiger partial charge in [-0.25, -0.2) is 4.98 Å². The summed E-state index contributed by atoms with van der Waals surface area (Å²) >= 11 is 2.80.